The Balaban J connectivity index is 1.36. The van der Waals surface area contributed by atoms with Crippen LogP contribution in [-0.4, -0.2) is 41.6 Å². The summed E-state index contributed by atoms with van der Waals surface area (Å²) >= 11 is 11.8. The summed E-state index contributed by atoms with van der Waals surface area (Å²) in [5, 5.41) is 16.3. The molecule has 1 atom stereocenters. The number of carboxylic acids is 1. The van der Waals surface area contributed by atoms with Gasteiger partial charge >= 0.3 is 5.97 Å². The number of hydrogen-bond acceptors (Lipinski definition) is 7. The third-order valence-corrected chi connectivity index (χ3v) is 7.42. The van der Waals surface area contributed by atoms with E-state index in [0.29, 0.717) is 28.4 Å². The Bertz CT molecular complexity index is 1590. The number of benzene rings is 3. The Morgan fingerprint density at radius 3 is 2.15 bits per heavy atom. The number of carbonyl (C=O) groups is 2. The van der Waals surface area contributed by atoms with Crippen LogP contribution in [0.5, 0.6) is 0 Å². The van der Waals surface area contributed by atoms with Crippen LogP contribution in [0.25, 0.3) is 11.5 Å². The first-order valence-electron chi connectivity index (χ1n) is 11.5. The average molecular weight is 589 g/mol. The van der Waals surface area contributed by atoms with Crippen LogP contribution >= 0.6 is 23.2 Å². The molecule has 0 radical (unpaired) electrons. The van der Waals surface area contributed by atoms with Crippen molar-refractivity contribution in [3.8, 4) is 11.5 Å². The van der Waals surface area contributed by atoms with E-state index < -0.39 is 27.9 Å². The van der Waals surface area contributed by atoms with E-state index in [4.69, 9.17) is 27.7 Å². The lowest BCUT2D eigenvalue weighted by Gasteiger charge is -2.15. The Morgan fingerprint density at radius 1 is 0.974 bits per heavy atom. The van der Waals surface area contributed by atoms with E-state index in [2.05, 4.69) is 20.2 Å². The predicted octanol–water partition coefficient (Wildman–Crippen LogP) is 4.26. The summed E-state index contributed by atoms with van der Waals surface area (Å²) in [7, 11) is -3.88. The van der Waals surface area contributed by atoms with Crippen molar-refractivity contribution in [1.82, 2.24) is 20.2 Å². The highest BCUT2D eigenvalue weighted by Gasteiger charge is 2.22. The number of amides is 1. The number of sulfonamides is 1. The minimum Gasteiger partial charge on any atom is -0.480 e. The van der Waals surface area contributed by atoms with Crippen molar-refractivity contribution in [2.45, 2.75) is 30.8 Å². The normalized spacial score (nSPS) is 12.2. The van der Waals surface area contributed by atoms with Gasteiger partial charge in [0.05, 0.1) is 4.90 Å². The van der Waals surface area contributed by atoms with Gasteiger partial charge in [-0.1, -0.05) is 52.6 Å². The molecule has 3 N–H and O–H groups in total. The molecule has 3 aromatic carbocycles. The molecule has 0 spiro atoms. The summed E-state index contributed by atoms with van der Waals surface area (Å²) in [4.78, 5) is 28.6. The molecule has 202 valence electrons. The lowest BCUT2D eigenvalue weighted by atomic mass is 10.0. The highest BCUT2D eigenvalue weighted by molar-refractivity contribution is 7.89. The lowest BCUT2D eigenvalue weighted by molar-refractivity contribution is -0.139. The summed E-state index contributed by atoms with van der Waals surface area (Å²) in [5.41, 5.74) is 2.17. The van der Waals surface area contributed by atoms with Gasteiger partial charge in [0.25, 0.3) is 11.8 Å². The van der Waals surface area contributed by atoms with Gasteiger partial charge in [0.1, 0.15) is 6.04 Å². The first kappa shape index (κ1) is 28.2. The molecule has 39 heavy (non-hydrogen) atoms. The monoisotopic (exact) mass is 588 g/mol. The fraction of sp³-hybridized carbons (Fsp3) is 0.154. The molecule has 0 fully saturated rings. The van der Waals surface area contributed by atoms with Crippen LogP contribution in [0.3, 0.4) is 0 Å². The number of nitrogens with one attached hydrogen (secondary N) is 2. The Morgan fingerprint density at radius 2 is 1.59 bits per heavy atom. The molecule has 10 nitrogen and oxygen atoms in total. The minimum atomic E-state index is -3.88. The molecule has 1 heterocycles. The number of nitrogens with zero attached hydrogens (tertiary/aromatic N) is 2. The number of carboxylic acid groups (broad SMARTS) is 1. The number of halogens is 2. The second kappa shape index (κ2) is 12.0. The maximum absolute atomic E-state index is 12.7. The molecule has 1 amide bonds. The zero-order valence-electron chi connectivity index (χ0n) is 20.4. The van der Waals surface area contributed by atoms with Gasteiger partial charge in [0.2, 0.25) is 10.0 Å². The van der Waals surface area contributed by atoms with E-state index >= 15 is 0 Å². The molecule has 13 heteroatoms. The molecule has 0 aliphatic carbocycles. The van der Waals surface area contributed by atoms with Crippen LogP contribution in [0.1, 0.15) is 27.3 Å². The van der Waals surface area contributed by atoms with Gasteiger partial charge in [-0.3, -0.25) is 4.79 Å². The second-order valence-corrected chi connectivity index (χ2v) is 11.2. The van der Waals surface area contributed by atoms with Crippen LogP contribution in [0.15, 0.2) is 76.1 Å². The smallest absolute Gasteiger partial charge is 0.326 e. The van der Waals surface area contributed by atoms with Crippen molar-refractivity contribution in [1.29, 1.82) is 0 Å². The van der Waals surface area contributed by atoms with Crippen molar-refractivity contribution in [3.05, 3.63) is 99.3 Å². The number of aliphatic carboxylic acids is 1. The van der Waals surface area contributed by atoms with Crippen LogP contribution in [0.4, 0.5) is 0 Å². The summed E-state index contributed by atoms with van der Waals surface area (Å²) in [6.07, 6.45) is 0.0532. The molecule has 0 unspecified atom stereocenters. The molecule has 4 aromatic rings. The van der Waals surface area contributed by atoms with Gasteiger partial charge in [0, 0.05) is 34.1 Å². The molecule has 0 aliphatic heterocycles. The Labute approximate surface area is 234 Å². The highest BCUT2D eigenvalue weighted by atomic mass is 35.5. The van der Waals surface area contributed by atoms with E-state index in [-0.39, 0.29) is 33.5 Å². The number of rotatable bonds is 10. The number of hydrogen-bond donors (Lipinski definition) is 3. The van der Waals surface area contributed by atoms with Crippen LogP contribution in [0, 0.1) is 6.92 Å². The maximum atomic E-state index is 12.7. The van der Waals surface area contributed by atoms with Gasteiger partial charge in [-0.25, -0.2) is 17.9 Å². The molecule has 0 saturated heterocycles. The van der Waals surface area contributed by atoms with Crippen molar-refractivity contribution in [2.24, 2.45) is 0 Å². The molecular formula is C26H22Cl2N4O6S. The van der Waals surface area contributed by atoms with E-state index in [1.54, 1.807) is 43.3 Å². The van der Waals surface area contributed by atoms with Gasteiger partial charge in [-0.15, -0.1) is 0 Å². The maximum Gasteiger partial charge on any atom is 0.326 e. The van der Waals surface area contributed by atoms with Crippen LogP contribution < -0.4 is 10.0 Å². The third-order valence-electron chi connectivity index (χ3n) is 5.60. The second-order valence-electron chi connectivity index (χ2n) is 8.54. The SMILES string of the molecule is Cc1noc(-c2ccc(C[C@H](NC(=O)c3ccc(CNS(=O)(=O)c4cc(Cl)cc(Cl)c4)cc3)C(=O)O)cc2)n1. The van der Waals surface area contributed by atoms with Crippen molar-refractivity contribution >= 4 is 45.1 Å². The Kier molecular flexibility index (Phi) is 8.66. The molecule has 0 aliphatic rings. The summed E-state index contributed by atoms with van der Waals surface area (Å²) in [6, 6.07) is 15.8. The summed E-state index contributed by atoms with van der Waals surface area (Å²) < 4.78 is 32.7. The molecule has 1 aromatic heterocycles. The van der Waals surface area contributed by atoms with Gasteiger partial charge in [0.15, 0.2) is 5.82 Å². The predicted molar refractivity (Wildman–Crippen MR) is 144 cm³/mol. The quantitative estimate of drug-likeness (QED) is 0.248. The number of aryl methyl sites for hydroxylation is 1. The van der Waals surface area contributed by atoms with E-state index in [1.165, 1.54) is 30.3 Å². The number of aromatic nitrogens is 2. The van der Waals surface area contributed by atoms with Crippen LogP contribution in [0.2, 0.25) is 10.0 Å². The first-order chi connectivity index (χ1) is 18.5. The van der Waals surface area contributed by atoms with Gasteiger partial charge < -0.3 is 14.9 Å². The largest absolute Gasteiger partial charge is 0.480 e. The molecule has 0 saturated carbocycles. The van der Waals surface area contributed by atoms with E-state index in [0.717, 1.165) is 0 Å². The van der Waals surface area contributed by atoms with Gasteiger partial charge in [-0.05, 0) is 60.5 Å². The number of carbonyl (C=O) groups excluding carboxylic acids is 1. The van der Waals surface area contributed by atoms with Crippen molar-refractivity contribution < 1.29 is 27.6 Å². The Hall–Kier alpha value is -3.77. The van der Waals surface area contributed by atoms with Crippen molar-refractivity contribution in [2.75, 3.05) is 0 Å². The standard InChI is InChI=1S/C26H22Cl2N4O6S/c1-15-30-25(38-32-15)19-8-2-16(3-9-19)10-23(26(34)35)31-24(33)18-6-4-17(5-7-18)14-29-39(36,37)22-12-20(27)11-21(28)13-22/h2-9,11-13,23,29H,10,14H2,1H3,(H,31,33)(H,34,35)/t23-/m0/s1. The lowest BCUT2D eigenvalue weighted by Crippen LogP contribution is -2.42. The zero-order chi connectivity index (χ0) is 28.2. The molecular weight excluding hydrogens is 567 g/mol. The summed E-state index contributed by atoms with van der Waals surface area (Å²) in [6.45, 7) is 1.65. The fourth-order valence-electron chi connectivity index (χ4n) is 3.59. The van der Waals surface area contributed by atoms with Crippen molar-refractivity contribution in [3.63, 3.8) is 0 Å². The van der Waals surface area contributed by atoms with Crippen LogP contribution in [-0.2, 0) is 27.8 Å². The highest BCUT2D eigenvalue weighted by Crippen LogP contribution is 2.22. The topological polar surface area (TPSA) is 151 Å². The van der Waals surface area contributed by atoms with Gasteiger partial charge in [-0.2, -0.15) is 4.98 Å². The van der Waals surface area contributed by atoms with E-state index in [1.807, 2.05) is 0 Å². The molecule has 0 bridgehead atoms. The third kappa shape index (κ3) is 7.42. The fourth-order valence-corrected chi connectivity index (χ4v) is 5.34. The van der Waals surface area contributed by atoms with E-state index in [9.17, 15) is 23.1 Å². The first-order valence-corrected chi connectivity index (χ1v) is 13.7. The zero-order valence-corrected chi connectivity index (χ0v) is 22.7. The minimum absolute atomic E-state index is 0.0503. The summed E-state index contributed by atoms with van der Waals surface area (Å²) in [5.74, 6) is -0.916. The average Bonchev–Trinajstić information content (AvgIpc) is 3.33. The molecule has 4 rings (SSSR count).